The molecule has 0 radical (unpaired) electrons. The third kappa shape index (κ3) is 5.03. The maximum absolute atomic E-state index is 12.6. The number of amidine groups is 1. The molecule has 0 spiro atoms. The summed E-state index contributed by atoms with van der Waals surface area (Å²) in [6, 6.07) is 11.5. The van der Waals surface area contributed by atoms with Crippen LogP contribution < -0.4 is 25.8 Å². The number of methoxy groups -OCH3 is 1. The molecular formula is C26H26ClF3N6O2. The lowest BCUT2D eigenvalue weighted by molar-refractivity contribution is -0.274. The number of nitrogens with one attached hydrogen (secondary N) is 2. The number of hydrogen-bond donors (Lipinski definition) is 3. The Hall–Kier alpha value is -3.70. The summed E-state index contributed by atoms with van der Waals surface area (Å²) in [5.41, 5.74) is 11.1. The highest BCUT2D eigenvalue weighted by Crippen LogP contribution is 2.42. The number of rotatable bonds is 6. The number of hydrogen-bond acceptors (Lipinski definition) is 6. The van der Waals surface area contributed by atoms with E-state index in [1.807, 2.05) is 25.1 Å². The average Bonchev–Trinajstić information content (AvgIpc) is 3.49. The molecular weight excluding hydrogens is 521 g/mol. The van der Waals surface area contributed by atoms with Crippen LogP contribution in [0.3, 0.4) is 0 Å². The zero-order valence-corrected chi connectivity index (χ0v) is 21.4. The highest BCUT2D eigenvalue weighted by molar-refractivity contribution is 6.29. The van der Waals surface area contributed by atoms with Crippen LogP contribution in [0, 0.1) is 0 Å². The molecule has 3 aromatic rings. The van der Waals surface area contributed by atoms with Crippen molar-refractivity contribution in [3.63, 3.8) is 0 Å². The van der Waals surface area contributed by atoms with Crippen molar-refractivity contribution in [1.29, 1.82) is 0 Å². The second kappa shape index (κ2) is 9.88. The molecule has 2 unspecified atom stereocenters. The first-order chi connectivity index (χ1) is 18.1. The Balaban J connectivity index is 1.49. The van der Waals surface area contributed by atoms with Gasteiger partial charge < -0.3 is 24.7 Å². The summed E-state index contributed by atoms with van der Waals surface area (Å²) in [6.45, 7) is 2.49. The minimum Gasteiger partial charge on any atom is -0.495 e. The SMILES string of the molecule is CCN=C1NC(N)(c2ccc(-n3cnc(Cl)c3)c(OC)c2)NC2=C1CCC2c1ccc(OC(F)(F)F)cc1. The van der Waals surface area contributed by atoms with Crippen molar-refractivity contribution in [2.75, 3.05) is 13.7 Å². The van der Waals surface area contributed by atoms with E-state index in [1.54, 1.807) is 36.3 Å². The first-order valence-electron chi connectivity index (χ1n) is 12.0. The largest absolute Gasteiger partial charge is 0.573 e. The number of aromatic nitrogens is 2. The van der Waals surface area contributed by atoms with Gasteiger partial charge in [-0.15, -0.1) is 13.2 Å². The number of alkyl halides is 3. The highest BCUT2D eigenvalue weighted by Gasteiger charge is 2.42. The molecule has 2 aromatic carbocycles. The molecule has 1 aliphatic heterocycles. The van der Waals surface area contributed by atoms with Gasteiger partial charge in [-0.3, -0.25) is 10.7 Å². The third-order valence-corrected chi connectivity index (χ3v) is 6.78. The van der Waals surface area contributed by atoms with Crippen LogP contribution in [-0.4, -0.2) is 35.4 Å². The maximum Gasteiger partial charge on any atom is 0.573 e. The van der Waals surface area contributed by atoms with Crippen LogP contribution in [0.1, 0.15) is 36.8 Å². The lowest BCUT2D eigenvalue weighted by Gasteiger charge is -2.40. The van der Waals surface area contributed by atoms with Gasteiger partial charge in [0.15, 0.2) is 5.79 Å². The Kier molecular flexibility index (Phi) is 6.74. The molecule has 1 aromatic heterocycles. The van der Waals surface area contributed by atoms with Gasteiger partial charge in [0.25, 0.3) is 0 Å². The molecule has 1 aliphatic carbocycles. The minimum atomic E-state index is -4.74. The smallest absolute Gasteiger partial charge is 0.495 e. The van der Waals surface area contributed by atoms with Gasteiger partial charge in [0.05, 0.1) is 12.8 Å². The standard InChI is InChI=1S/C26H26ClF3N6O2/c1-3-32-24-19-10-9-18(15-4-7-17(8-5-15)38-26(28,29)30)23(19)34-25(31,35-24)16-6-11-20(21(12-16)37-2)36-13-22(27)33-14-36/h4-8,11-14,18,34H,3,9-10,31H2,1-2H3,(H,32,35). The van der Waals surface area contributed by atoms with Crippen molar-refractivity contribution in [2.24, 2.45) is 10.7 Å². The van der Waals surface area contributed by atoms with Gasteiger partial charge in [-0.05, 0) is 49.6 Å². The number of allylic oxidation sites excluding steroid dienone is 1. The molecule has 12 heteroatoms. The topological polar surface area (TPSA) is 98.7 Å². The normalized spacial score (nSPS) is 22.2. The van der Waals surface area contributed by atoms with Crippen LogP contribution in [-0.2, 0) is 5.79 Å². The summed E-state index contributed by atoms with van der Waals surface area (Å²) in [7, 11) is 1.57. The number of imidazole rings is 1. The molecule has 200 valence electrons. The number of nitrogens with two attached hydrogens (primary N) is 1. The second-order valence-corrected chi connectivity index (χ2v) is 9.36. The van der Waals surface area contributed by atoms with Crippen LogP contribution in [0.2, 0.25) is 5.15 Å². The Labute approximate surface area is 222 Å². The molecule has 0 saturated heterocycles. The summed E-state index contributed by atoms with van der Waals surface area (Å²) in [6.07, 6.45) is 0.00526. The van der Waals surface area contributed by atoms with Crippen molar-refractivity contribution in [3.05, 3.63) is 82.5 Å². The first-order valence-corrected chi connectivity index (χ1v) is 12.3. The molecule has 2 aliphatic rings. The van der Waals surface area contributed by atoms with Gasteiger partial charge in [0.2, 0.25) is 0 Å². The van der Waals surface area contributed by atoms with Crippen molar-refractivity contribution in [1.82, 2.24) is 20.2 Å². The Morgan fingerprint density at radius 1 is 1.21 bits per heavy atom. The molecule has 4 N–H and O–H groups in total. The molecule has 5 rings (SSSR count). The predicted molar refractivity (Wildman–Crippen MR) is 137 cm³/mol. The minimum absolute atomic E-state index is 0.105. The molecule has 2 heterocycles. The molecule has 0 amide bonds. The summed E-state index contributed by atoms with van der Waals surface area (Å²) in [5, 5.41) is 7.18. The van der Waals surface area contributed by atoms with Gasteiger partial charge in [-0.1, -0.05) is 29.8 Å². The number of aliphatic imine (C=N–C) groups is 1. The maximum atomic E-state index is 12.6. The highest BCUT2D eigenvalue weighted by atomic mass is 35.5. The van der Waals surface area contributed by atoms with E-state index in [4.69, 9.17) is 22.1 Å². The van der Waals surface area contributed by atoms with E-state index in [2.05, 4.69) is 25.3 Å². The van der Waals surface area contributed by atoms with Gasteiger partial charge in [-0.25, -0.2) is 4.98 Å². The number of halogens is 4. The zero-order valence-electron chi connectivity index (χ0n) is 20.6. The van der Waals surface area contributed by atoms with E-state index < -0.39 is 12.1 Å². The van der Waals surface area contributed by atoms with E-state index in [0.717, 1.165) is 35.4 Å². The average molecular weight is 547 g/mol. The van der Waals surface area contributed by atoms with E-state index in [9.17, 15) is 13.2 Å². The Bertz CT molecular complexity index is 1400. The van der Waals surface area contributed by atoms with Crippen molar-refractivity contribution < 1.29 is 22.6 Å². The summed E-state index contributed by atoms with van der Waals surface area (Å²) in [5.74, 6) is -0.354. The van der Waals surface area contributed by atoms with Gasteiger partial charge >= 0.3 is 6.36 Å². The van der Waals surface area contributed by atoms with E-state index in [-0.39, 0.29) is 11.7 Å². The molecule has 0 bridgehead atoms. The van der Waals surface area contributed by atoms with Crippen molar-refractivity contribution >= 4 is 17.4 Å². The Morgan fingerprint density at radius 3 is 2.61 bits per heavy atom. The number of ether oxygens (including phenoxy) is 2. The predicted octanol–water partition coefficient (Wildman–Crippen LogP) is 4.94. The van der Waals surface area contributed by atoms with Gasteiger partial charge in [0.1, 0.15) is 28.8 Å². The van der Waals surface area contributed by atoms with Crippen LogP contribution in [0.4, 0.5) is 13.2 Å². The molecule has 0 fully saturated rings. The summed E-state index contributed by atoms with van der Waals surface area (Å²) >= 11 is 5.99. The molecule has 0 saturated carbocycles. The fourth-order valence-corrected chi connectivity index (χ4v) is 5.08. The van der Waals surface area contributed by atoms with Crippen LogP contribution in [0.5, 0.6) is 11.5 Å². The van der Waals surface area contributed by atoms with E-state index in [1.165, 1.54) is 12.1 Å². The van der Waals surface area contributed by atoms with E-state index >= 15 is 0 Å². The first kappa shape index (κ1) is 25.9. The van der Waals surface area contributed by atoms with Crippen molar-refractivity contribution in [2.45, 2.75) is 37.8 Å². The molecule has 2 atom stereocenters. The zero-order chi connectivity index (χ0) is 27.1. The van der Waals surface area contributed by atoms with Crippen LogP contribution >= 0.6 is 11.6 Å². The lowest BCUT2D eigenvalue weighted by atomic mass is 9.94. The lowest BCUT2D eigenvalue weighted by Crippen LogP contribution is -2.65. The molecule has 8 nitrogen and oxygen atoms in total. The quantitative estimate of drug-likeness (QED) is 0.405. The fourth-order valence-electron chi connectivity index (χ4n) is 4.93. The van der Waals surface area contributed by atoms with Crippen LogP contribution in [0.25, 0.3) is 5.69 Å². The van der Waals surface area contributed by atoms with E-state index in [0.29, 0.717) is 28.8 Å². The van der Waals surface area contributed by atoms with Crippen LogP contribution in [0.15, 0.2) is 71.3 Å². The monoisotopic (exact) mass is 546 g/mol. The van der Waals surface area contributed by atoms with Gasteiger partial charge in [0, 0.05) is 35.5 Å². The fraction of sp³-hybridized carbons (Fsp3) is 0.308. The Morgan fingerprint density at radius 2 is 1.97 bits per heavy atom. The van der Waals surface area contributed by atoms with Gasteiger partial charge in [-0.2, -0.15) is 0 Å². The molecule has 38 heavy (non-hydrogen) atoms. The number of nitrogens with zero attached hydrogens (tertiary/aromatic N) is 3. The summed E-state index contributed by atoms with van der Waals surface area (Å²) < 4.78 is 49.3. The summed E-state index contributed by atoms with van der Waals surface area (Å²) in [4.78, 5) is 8.72. The third-order valence-electron chi connectivity index (χ3n) is 6.59. The van der Waals surface area contributed by atoms with Crippen molar-refractivity contribution in [3.8, 4) is 17.2 Å². The second-order valence-electron chi connectivity index (χ2n) is 8.97. The number of benzene rings is 2.